The summed E-state index contributed by atoms with van der Waals surface area (Å²) in [6.45, 7) is 0. The standard InChI is InChI=1S/C15H18N4O2/c16-11-5-1-2-6-13(11)18-12-7-8-14(19(20)21)15-10(12)4-3-9-17-15/h3-4,7-9,11,13,18H,1-2,5-6,16H2/t11-,13-/m1/s1. The highest BCUT2D eigenvalue weighted by molar-refractivity contribution is 5.97. The van der Waals surface area contributed by atoms with Gasteiger partial charge in [0.25, 0.3) is 5.69 Å². The fourth-order valence-electron chi connectivity index (χ4n) is 2.97. The van der Waals surface area contributed by atoms with E-state index in [4.69, 9.17) is 5.73 Å². The number of nitro groups is 1. The Morgan fingerprint density at radius 2 is 2.10 bits per heavy atom. The molecule has 0 bridgehead atoms. The Morgan fingerprint density at radius 1 is 1.29 bits per heavy atom. The average molecular weight is 286 g/mol. The molecule has 0 spiro atoms. The van der Waals surface area contributed by atoms with E-state index in [2.05, 4.69) is 10.3 Å². The Kier molecular flexibility index (Phi) is 3.70. The van der Waals surface area contributed by atoms with Crippen molar-refractivity contribution in [2.75, 3.05) is 5.32 Å². The maximum absolute atomic E-state index is 11.1. The zero-order valence-electron chi connectivity index (χ0n) is 11.7. The Labute approximate surface area is 122 Å². The quantitative estimate of drug-likeness (QED) is 0.668. The highest BCUT2D eigenvalue weighted by Gasteiger charge is 2.23. The van der Waals surface area contributed by atoms with Gasteiger partial charge in [0.1, 0.15) is 5.52 Å². The Morgan fingerprint density at radius 3 is 2.86 bits per heavy atom. The van der Waals surface area contributed by atoms with Gasteiger partial charge >= 0.3 is 0 Å². The van der Waals surface area contributed by atoms with E-state index in [0.29, 0.717) is 5.52 Å². The number of non-ortho nitro benzene ring substituents is 1. The van der Waals surface area contributed by atoms with E-state index >= 15 is 0 Å². The van der Waals surface area contributed by atoms with Gasteiger partial charge in [-0.1, -0.05) is 12.8 Å². The van der Waals surface area contributed by atoms with Crippen molar-refractivity contribution >= 4 is 22.3 Å². The van der Waals surface area contributed by atoms with Crippen molar-refractivity contribution in [3.05, 3.63) is 40.6 Å². The van der Waals surface area contributed by atoms with Crippen molar-refractivity contribution in [2.45, 2.75) is 37.8 Å². The maximum atomic E-state index is 11.1. The van der Waals surface area contributed by atoms with Crippen molar-refractivity contribution < 1.29 is 4.92 Å². The predicted molar refractivity (Wildman–Crippen MR) is 82.3 cm³/mol. The third-order valence-corrected chi connectivity index (χ3v) is 4.11. The number of hydrogen-bond donors (Lipinski definition) is 2. The van der Waals surface area contributed by atoms with Crippen LogP contribution in [-0.2, 0) is 0 Å². The van der Waals surface area contributed by atoms with Gasteiger partial charge in [-0.2, -0.15) is 0 Å². The molecule has 0 amide bonds. The molecule has 2 atom stereocenters. The summed E-state index contributed by atoms with van der Waals surface area (Å²) >= 11 is 0. The van der Waals surface area contributed by atoms with Gasteiger partial charge in [-0.25, -0.2) is 4.98 Å². The molecule has 1 aromatic heterocycles. The molecule has 21 heavy (non-hydrogen) atoms. The first-order chi connectivity index (χ1) is 10.2. The van der Waals surface area contributed by atoms with Crippen LogP contribution in [0.25, 0.3) is 10.9 Å². The van der Waals surface area contributed by atoms with Crippen LogP contribution in [0.3, 0.4) is 0 Å². The highest BCUT2D eigenvalue weighted by Crippen LogP contribution is 2.31. The van der Waals surface area contributed by atoms with Crippen LogP contribution in [0.2, 0.25) is 0 Å². The molecule has 1 fully saturated rings. The van der Waals surface area contributed by atoms with Crippen molar-refractivity contribution in [2.24, 2.45) is 5.73 Å². The molecule has 110 valence electrons. The molecular formula is C15H18N4O2. The summed E-state index contributed by atoms with van der Waals surface area (Å²) in [5, 5.41) is 15.3. The molecule has 1 aliphatic carbocycles. The maximum Gasteiger partial charge on any atom is 0.295 e. The number of rotatable bonds is 3. The number of nitro benzene ring substituents is 1. The number of anilines is 1. The second-order valence-electron chi connectivity index (χ2n) is 5.49. The summed E-state index contributed by atoms with van der Waals surface area (Å²) in [5.74, 6) is 0. The van der Waals surface area contributed by atoms with E-state index < -0.39 is 4.92 Å². The summed E-state index contributed by atoms with van der Waals surface area (Å²) in [6.07, 6.45) is 5.95. The highest BCUT2D eigenvalue weighted by atomic mass is 16.6. The average Bonchev–Trinajstić information content (AvgIpc) is 2.49. The second kappa shape index (κ2) is 5.65. The second-order valence-corrected chi connectivity index (χ2v) is 5.49. The van der Waals surface area contributed by atoms with Gasteiger partial charge in [-0.05, 0) is 31.0 Å². The molecule has 1 heterocycles. The summed E-state index contributed by atoms with van der Waals surface area (Å²) in [4.78, 5) is 14.9. The molecule has 1 aliphatic rings. The lowest BCUT2D eigenvalue weighted by molar-refractivity contribution is -0.383. The van der Waals surface area contributed by atoms with Crippen molar-refractivity contribution in [1.82, 2.24) is 4.98 Å². The van der Waals surface area contributed by atoms with Crippen molar-refractivity contribution in [3.63, 3.8) is 0 Å². The molecule has 3 rings (SSSR count). The monoisotopic (exact) mass is 286 g/mol. The lowest BCUT2D eigenvalue weighted by Crippen LogP contribution is -2.42. The number of benzene rings is 1. The minimum Gasteiger partial charge on any atom is -0.380 e. The summed E-state index contributed by atoms with van der Waals surface area (Å²) in [5.41, 5.74) is 7.47. The van der Waals surface area contributed by atoms with Gasteiger partial charge in [-0.3, -0.25) is 10.1 Å². The molecule has 0 radical (unpaired) electrons. The predicted octanol–water partition coefficient (Wildman–Crippen LogP) is 2.82. The van der Waals surface area contributed by atoms with Crippen LogP contribution in [0.5, 0.6) is 0 Å². The molecule has 6 nitrogen and oxygen atoms in total. The molecule has 2 aromatic rings. The molecule has 0 saturated heterocycles. The van der Waals surface area contributed by atoms with Crippen LogP contribution in [0.15, 0.2) is 30.5 Å². The van der Waals surface area contributed by atoms with E-state index in [1.807, 2.05) is 6.07 Å². The Bertz CT molecular complexity index is 674. The van der Waals surface area contributed by atoms with Gasteiger partial charge in [-0.15, -0.1) is 0 Å². The molecule has 1 saturated carbocycles. The third kappa shape index (κ3) is 2.67. The van der Waals surface area contributed by atoms with Gasteiger partial charge in [0.2, 0.25) is 0 Å². The van der Waals surface area contributed by atoms with Gasteiger partial charge in [0.05, 0.1) is 4.92 Å². The van der Waals surface area contributed by atoms with Crippen LogP contribution in [-0.4, -0.2) is 22.0 Å². The van der Waals surface area contributed by atoms with E-state index in [0.717, 1.165) is 30.3 Å². The lowest BCUT2D eigenvalue weighted by Gasteiger charge is -2.30. The summed E-state index contributed by atoms with van der Waals surface area (Å²) in [7, 11) is 0. The van der Waals surface area contributed by atoms with Gasteiger partial charge in [0.15, 0.2) is 0 Å². The Hall–Kier alpha value is -2.21. The van der Waals surface area contributed by atoms with Crippen molar-refractivity contribution in [1.29, 1.82) is 0 Å². The van der Waals surface area contributed by atoms with E-state index in [-0.39, 0.29) is 17.8 Å². The molecule has 1 aromatic carbocycles. The van der Waals surface area contributed by atoms with E-state index in [1.54, 1.807) is 18.3 Å². The summed E-state index contributed by atoms with van der Waals surface area (Å²) in [6, 6.07) is 7.24. The molecule has 0 unspecified atom stereocenters. The van der Waals surface area contributed by atoms with Crippen LogP contribution in [0, 0.1) is 10.1 Å². The normalized spacial score (nSPS) is 22.1. The zero-order chi connectivity index (χ0) is 14.8. The summed E-state index contributed by atoms with van der Waals surface area (Å²) < 4.78 is 0. The fourth-order valence-corrected chi connectivity index (χ4v) is 2.97. The first-order valence-electron chi connectivity index (χ1n) is 7.21. The number of hydrogen-bond acceptors (Lipinski definition) is 5. The van der Waals surface area contributed by atoms with Crippen LogP contribution in [0.1, 0.15) is 25.7 Å². The number of fused-ring (bicyclic) bond motifs is 1. The number of nitrogens with zero attached hydrogens (tertiary/aromatic N) is 2. The first-order valence-corrected chi connectivity index (χ1v) is 7.21. The number of pyridine rings is 1. The largest absolute Gasteiger partial charge is 0.380 e. The van der Waals surface area contributed by atoms with Crippen molar-refractivity contribution in [3.8, 4) is 0 Å². The van der Waals surface area contributed by atoms with Gasteiger partial charge in [0, 0.05) is 35.4 Å². The topological polar surface area (TPSA) is 94.1 Å². The van der Waals surface area contributed by atoms with E-state index in [1.165, 1.54) is 12.5 Å². The molecule has 0 aliphatic heterocycles. The van der Waals surface area contributed by atoms with Crippen LogP contribution < -0.4 is 11.1 Å². The molecule has 3 N–H and O–H groups in total. The van der Waals surface area contributed by atoms with Crippen LogP contribution in [0.4, 0.5) is 11.4 Å². The third-order valence-electron chi connectivity index (χ3n) is 4.11. The van der Waals surface area contributed by atoms with Gasteiger partial charge < -0.3 is 11.1 Å². The van der Waals surface area contributed by atoms with E-state index in [9.17, 15) is 10.1 Å². The number of aromatic nitrogens is 1. The van der Waals surface area contributed by atoms with Crippen LogP contribution >= 0.6 is 0 Å². The molecule has 6 heteroatoms. The molecular weight excluding hydrogens is 268 g/mol. The SMILES string of the molecule is N[C@@H]1CCCC[C@H]1Nc1ccc([N+](=O)[O-])c2ncccc12. The smallest absolute Gasteiger partial charge is 0.295 e. The fraction of sp³-hybridized carbons (Fsp3) is 0.400. The number of nitrogens with one attached hydrogen (secondary N) is 1. The lowest BCUT2D eigenvalue weighted by atomic mass is 9.90. The number of nitrogens with two attached hydrogens (primary N) is 1. The minimum atomic E-state index is -0.397. The minimum absolute atomic E-state index is 0.0316. The zero-order valence-corrected chi connectivity index (χ0v) is 11.7. The Balaban J connectivity index is 1.99. The first kappa shape index (κ1) is 13.8.